The Morgan fingerprint density at radius 3 is 2.84 bits per heavy atom. The first kappa shape index (κ1) is 19.0. The van der Waals surface area contributed by atoms with Gasteiger partial charge >= 0.3 is 0 Å². The Labute approximate surface area is 135 Å². The molecular weight excluding hydrogens is 351 g/mol. The summed E-state index contributed by atoms with van der Waals surface area (Å²) < 4.78 is 0. The normalized spacial score (nSPS) is 20.6. The molecule has 1 fully saturated rings. The largest absolute Gasteiger partial charge is 0.370 e. The van der Waals surface area contributed by atoms with Crippen molar-refractivity contribution in [2.75, 3.05) is 32.7 Å². The number of hydrogen-bond donors (Lipinski definition) is 2. The molecule has 0 aromatic heterocycles. The fourth-order valence-corrected chi connectivity index (χ4v) is 2.42. The van der Waals surface area contributed by atoms with Gasteiger partial charge in [0.05, 0.1) is 0 Å². The van der Waals surface area contributed by atoms with E-state index in [1.54, 1.807) is 0 Å². The Hall–Kier alpha value is -0.0400. The highest BCUT2D eigenvalue weighted by Gasteiger charge is 2.22. The van der Waals surface area contributed by atoms with E-state index in [-0.39, 0.29) is 24.0 Å². The summed E-state index contributed by atoms with van der Waals surface area (Å²) in [6, 6.07) is 0. The first-order valence-corrected chi connectivity index (χ1v) is 7.38. The van der Waals surface area contributed by atoms with Crippen LogP contribution in [0.25, 0.3) is 0 Å². The molecular formula is C14H31IN4. The molecule has 0 saturated carbocycles. The molecule has 19 heavy (non-hydrogen) atoms. The summed E-state index contributed by atoms with van der Waals surface area (Å²) in [5, 5.41) is 3.17. The monoisotopic (exact) mass is 382 g/mol. The lowest BCUT2D eigenvalue weighted by Gasteiger charge is -2.17. The number of nitrogens with two attached hydrogens (primary N) is 1. The molecule has 0 spiro atoms. The molecule has 1 rings (SSSR count). The summed E-state index contributed by atoms with van der Waals surface area (Å²) in [5.41, 5.74) is 5.83. The lowest BCUT2D eigenvalue weighted by Crippen LogP contribution is -2.33. The standard InChI is InChI=1S/C14H30N4.HI/c1-4-5-7-16-14(15)17-9-13-6-8-18(11-13)10-12(2)3;/h12-13H,4-11H2,1-3H3,(H3,15,16,17);1H. The van der Waals surface area contributed by atoms with Crippen molar-refractivity contribution in [2.24, 2.45) is 22.6 Å². The average molecular weight is 382 g/mol. The van der Waals surface area contributed by atoms with Gasteiger partial charge in [-0.05, 0) is 31.2 Å². The third kappa shape index (κ3) is 8.68. The molecule has 4 nitrogen and oxygen atoms in total. The quantitative estimate of drug-likeness (QED) is 0.308. The van der Waals surface area contributed by atoms with E-state index in [9.17, 15) is 0 Å². The summed E-state index contributed by atoms with van der Waals surface area (Å²) in [5.74, 6) is 2.06. The minimum Gasteiger partial charge on any atom is -0.370 e. The van der Waals surface area contributed by atoms with Crippen LogP contribution in [0.1, 0.15) is 40.0 Å². The zero-order valence-electron chi connectivity index (χ0n) is 12.7. The zero-order chi connectivity index (χ0) is 13.4. The zero-order valence-corrected chi connectivity index (χ0v) is 15.0. The number of hydrogen-bond acceptors (Lipinski definition) is 2. The second-order valence-electron chi connectivity index (χ2n) is 5.81. The Bertz CT molecular complexity index is 256. The number of aliphatic imine (C=N–C) groups is 1. The van der Waals surface area contributed by atoms with E-state index in [4.69, 9.17) is 5.73 Å². The van der Waals surface area contributed by atoms with Crippen molar-refractivity contribution in [3.8, 4) is 0 Å². The molecule has 1 unspecified atom stereocenters. The van der Waals surface area contributed by atoms with Crippen molar-refractivity contribution in [3.05, 3.63) is 0 Å². The molecule has 0 aromatic rings. The van der Waals surface area contributed by atoms with E-state index in [1.807, 2.05) is 0 Å². The smallest absolute Gasteiger partial charge is 0.188 e. The minimum atomic E-state index is 0. The van der Waals surface area contributed by atoms with E-state index in [2.05, 4.69) is 36.0 Å². The van der Waals surface area contributed by atoms with E-state index in [1.165, 1.54) is 32.5 Å². The van der Waals surface area contributed by atoms with Gasteiger partial charge in [-0.2, -0.15) is 0 Å². The fourth-order valence-electron chi connectivity index (χ4n) is 2.42. The van der Waals surface area contributed by atoms with Crippen molar-refractivity contribution in [2.45, 2.75) is 40.0 Å². The fraction of sp³-hybridized carbons (Fsp3) is 0.929. The summed E-state index contributed by atoms with van der Waals surface area (Å²) in [6.45, 7) is 12.2. The summed E-state index contributed by atoms with van der Waals surface area (Å²) in [4.78, 5) is 7.00. The lowest BCUT2D eigenvalue weighted by molar-refractivity contribution is 0.288. The molecule has 1 heterocycles. The first-order chi connectivity index (χ1) is 8.61. The molecule has 0 aliphatic carbocycles. The average Bonchev–Trinajstić information content (AvgIpc) is 2.73. The first-order valence-electron chi connectivity index (χ1n) is 7.38. The maximum Gasteiger partial charge on any atom is 0.188 e. The molecule has 5 heteroatoms. The van der Waals surface area contributed by atoms with Gasteiger partial charge in [0.15, 0.2) is 5.96 Å². The molecule has 0 aromatic carbocycles. The van der Waals surface area contributed by atoms with Crippen LogP contribution >= 0.6 is 24.0 Å². The minimum absolute atomic E-state index is 0. The van der Waals surface area contributed by atoms with Crippen LogP contribution in [0.2, 0.25) is 0 Å². The third-order valence-corrected chi connectivity index (χ3v) is 3.35. The van der Waals surface area contributed by atoms with Gasteiger partial charge in [0.25, 0.3) is 0 Å². The van der Waals surface area contributed by atoms with Gasteiger partial charge in [-0.25, -0.2) is 0 Å². The number of nitrogens with one attached hydrogen (secondary N) is 1. The van der Waals surface area contributed by atoms with Crippen LogP contribution in [-0.2, 0) is 0 Å². The third-order valence-electron chi connectivity index (χ3n) is 3.35. The predicted molar refractivity (Wildman–Crippen MR) is 94.2 cm³/mol. The SMILES string of the molecule is CCCCNC(N)=NCC1CCN(CC(C)C)C1.I. The molecule has 1 atom stereocenters. The Balaban J connectivity index is 0.00000324. The number of rotatable bonds is 7. The van der Waals surface area contributed by atoms with Crippen LogP contribution < -0.4 is 11.1 Å². The van der Waals surface area contributed by atoms with Crippen molar-refractivity contribution in [3.63, 3.8) is 0 Å². The second kappa shape index (κ2) is 10.7. The summed E-state index contributed by atoms with van der Waals surface area (Å²) in [6.07, 6.45) is 3.60. The van der Waals surface area contributed by atoms with Crippen molar-refractivity contribution in [1.29, 1.82) is 0 Å². The van der Waals surface area contributed by atoms with Crippen molar-refractivity contribution >= 4 is 29.9 Å². The van der Waals surface area contributed by atoms with Crippen LogP contribution in [0.15, 0.2) is 4.99 Å². The molecule has 1 aliphatic rings. The maximum atomic E-state index is 5.83. The highest BCUT2D eigenvalue weighted by molar-refractivity contribution is 14.0. The highest BCUT2D eigenvalue weighted by Crippen LogP contribution is 2.17. The molecule has 0 radical (unpaired) electrons. The Morgan fingerprint density at radius 2 is 2.21 bits per heavy atom. The van der Waals surface area contributed by atoms with Gasteiger partial charge in [0, 0.05) is 26.2 Å². The number of halogens is 1. The summed E-state index contributed by atoms with van der Waals surface area (Å²) in [7, 11) is 0. The number of unbranched alkanes of at least 4 members (excludes halogenated alkanes) is 1. The van der Waals surface area contributed by atoms with E-state index < -0.39 is 0 Å². The lowest BCUT2D eigenvalue weighted by atomic mass is 10.1. The molecule has 1 aliphatic heterocycles. The Morgan fingerprint density at radius 1 is 1.47 bits per heavy atom. The molecule has 0 amide bonds. The van der Waals surface area contributed by atoms with Gasteiger partial charge in [-0.15, -0.1) is 24.0 Å². The number of nitrogens with zero attached hydrogens (tertiary/aromatic N) is 2. The van der Waals surface area contributed by atoms with Gasteiger partial charge in [-0.3, -0.25) is 4.99 Å². The van der Waals surface area contributed by atoms with Gasteiger partial charge < -0.3 is 16.0 Å². The van der Waals surface area contributed by atoms with Crippen LogP contribution in [0.3, 0.4) is 0 Å². The van der Waals surface area contributed by atoms with E-state index >= 15 is 0 Å². The molecule has 0 bridgehead atoms. The molecule has 1 saturated heterocycles. The predicted octanol–water partition coefficient (Wildman–Crippen LogP) is 2.29. The van der Waals surface area contributed by atoms with Crippen molar-refractivity contribution in [1.82, 2.24) is 10.2 Å². The van der Waals surface area contributed by atoms with Gasteiger partial charge in [-0.1, -0.05) is 27.2 Å². The summed E-state index contributed by atoms with van der Waals surface area (Å²) >= 11 is 0. The van der Waals surface area contributed by atoms with Crippen LogP contribution in [0.5, 0.6) is 0 Å². The van der Waals surface area contributed by atoms with Gasteiger partial charge in [0.2, 0.25) is 0 Å². The van der Waals surface area contributed by atoms with Crippen LogP contribution in [-0.4, -0.2) is 43.6 Å². The highest BCUT2D eigenvalue weighted by atomic mass is 127. The van der Waals surface area contributed by atoms with Crippen LogP contribution in [0, 0.1) is 11.8 Å². The van der Waals surface area contributed by atoms with Crippen LogP contribution in [0.4, 0.5) is 0 Å². The van der Waals surface area contributed by atoms with E-state index in [0.717, 1.165) is 25.4 Å². The molecule has 3 N–H and O–H groups in total. The topological polar surface area (TPSA) is 53.6 Å². The van der Waals surface area contributed by atoms with Crippen molar-refractivity contribution < 1.29 is 0 Å². The van der Waals surface area contributed by atoms with E-state index in [0.29, 0.717) is 11.9 Å². The number of likely N-dealkylation sites (tertiary alicyclic amines) is 1. The maximum absolute atomic E-state index is 5.83. The Kier molecular flexibility index (Phi) is 10.7. The second-order valence-corrected chi connectivity index (χ2v) is 5.81. The van der Waals surface area contributed by atoms with Gasteiger partial charge in [0.1, 0.15) is 0 Å². The number of guanidine groups is 1. The molecule has 114 valence electrons.